The Morgan fingerprint density at radius 1 is 1.32 bits per heavy atom. The van der Waals surface area contributed by atoms with E-state index >= 15 is 0 Å². The molecular formula is C15H19N3O4. The van der Waals surface area contributed by atoms with E-state index in [1.54, 1.807) is 33.4 Å². The molecule has 1 aromatic carbocycles. The maximum absolute atomic E-state index is 12.0. The number of anilines is 1. The molecule has 2 rings (SSSR count). The number of rotatable bonds is 6. The van der Waals surface area contributed by atoms with E-state index in [9.17, 15) is 9.59 Å². The van der Waals surface area contributed by atoms with Gasteiger partial charge in [-0.2, -0.15) is 0 Å². The van der Waals surface area contributed by atoms with Crippen LogP contribution >= 0.6 is 0 Å². The Morgan fingerprint density at radius 2 is 2.09 bits per heavy atom. The first kappa shape index (κ1) is 15.7. The second-order valence-electron chi connectivity index (χ2n) is 4.82. The molecule has 0 bridgehead atoms. The monoisotopic (exact) mass is 305 g/mol. The van der Waals surface area contributed by atoms with Crippen LogP contribution in [-0.4, -0.2) is 29.9 Å². The number of H-pyrrole nitrogens is 1. The summed E-state index contributed by atoms with van der Waals surface area (Å²) in [5.74, 6) is 1.17. The Bertz CT molecular complexity index is 718. The second kappa shape index (κ2) is 6.84. The van der Waals surface area contributed by atoms with Gasteiger partial charge in [-0.1, -0.05) is 0 Å². The molecule has 22 heavy (non-hydrogen) atoms. The van der Waals surface area contributed by atoms with Crippen molar-refractivity contribution in [2.45, 2.75) is 12.8 Å². The van der Waals surface area contributed by atoms with Gasteiger partial charge in [-0.3, -0.25) is 19.4 Å². The molecule has 1 amide bonds. The molecule has 0 saturated carbocycles. The van der Waals surface area contributed by atoms with E-state index in [0.29, 0.717) is 17.9 Å². The quantitative estimate of drug-likeness (QED) is 0.842. The number of aromatic amines is 1. The van der Waals surface area contributed by atoms with Crippen LogP contribution in [0.3, 0.4) is 0 Å². The maximum Gasteiger partial charge on any atom is 0.287 e. The van der Waals surface area contributed by atoms with Gasteiger partial charge >= 0.3 is 0 Å². The lowest BCUT2D eigenvalue weighted by Crippen LogP contribution is -2.17. The average Bonchev–Trinajstić information content (AvgIpc) is 2.82. The van der Waals surface area contributed by atoms with Crippen LogP contribution in [0.4, 0.5) is 5.69 Å². The van der Waals surface area contributed by atoms with E-state index < -0.39 is 0 Å². The van der Waals surface area contributed by atoms with Gasteiger partial charge in [0.2, 0.25) is 5.91 Å². The van der Waals surface area contributed by atoms with Gasteiger partial charge < -0.3 is 14.8 Å². The number of hydrogen-bond acceptors (Lipinski definition) is 4. The zero-order valence-electron chi connectivity index (χ0n) is 12.8. The number of hydrogen-bond donors (Lipinski definition) is 2. The SMILES string of the molecule is COc1ccc(OC)c(CCC(=O)Nc2cn(C)[nH]c2=O)c1. The van der Waals surface area contributed by atoms with Crippen LogP contribution in [0.1, 0.15) is 12.0 Å². The van der Waals surface area contributed by atoms with Crippen molar-refractivity contribution in [3.63, 3.8) is 0 Å². The molecular weight excluding hydrogens is 286 g/mol. The molecule has 1 heterocycles. The van der Waals surface area contributed by atoms with Gasteiger partial charge in [0.1, 0.15) is 17.2 Å². The Balaban J connectivity index is 2.01. The van der Waals surface area contributed by atoms with Crippen molar-refractivity contribution in [3.8, 4) is 11.5 Å². The third kappa shape index (κ3) is 3.69. The fourth-order valence-corrected chi connectivity index (χ4v) is 2.13. The van der Waals surface area contributed by atoms with Crippen molar-refractivity contribution in [2.75, 3.05) is 19.5 Å². The minimum atomic E-state index is -0.324. The van der Waals surface area contributed by atoms with Gasteiger partial charge in [-0.25, -0.2) is 0 Å². The number of ether oxygens (including phenoxy) is 2. The van der Waals surface area contributed by atoms with Crippen LogP contribution in [-0.2, 0) is 18.3 Å². The molecule has 0 fully saturated rings. The van der Waals surface area contributed by atoms with Gasteiger partial charge in [0.15, 0.2) is 0 Å². The maximum atomic E-state index is 12.0. The molecule has 0 unspecified atom stereocenters. The van der Waals surface area contributed by atoms with Gasteiger partial charge in [-0.05, 0) is 30.2 Å². The van der Waals surface area contributed by atoms with Gasteiger partial charge in [0, 0.05) is 13.5 Å². The Hall–Kier alpha value is -2.70. The predicted octanol–water partition coefficient (Wildman–Crippen LogP) is 1.30. The minimum absolute atomic E-state index is 0.234. The minimum Gasteiger partial charge on any atom is -0.497 e. The number of nitrogens with zero attached hydrogens (tertiary/aromatic N) is 1. The lowest BCUT2D eigenvalue weighted by Gasteiger charge is -2.10. The number of amides is 1. The van der Waals surface area contributed by atoms with Crippen LogP contribution in [0.25, 0.3) is 0 Å². The van der Waals surface area contributed by atoms with Crippen molar-refractivity contribution >= 4 is 11.6 Å². The molecule has 0 atom stereocenters. The van der Waals surface area contributed by atoms with E-state index in [1.165, 1.54) is 10.9 Å². The highest BCUT2D eigenvalue weighted by molar-refractivity contribution is 5.90. The number of methoxy groups -OCH3 is 2. The molecule has 2 N–H and O–H groups in total. The predicted molar refractivity (Wildman–Crippen MR) is 82.5 cm³/mol. The molecule has 0 aliphatic carbocycles. The lowest BCUT2D eigenvalue weighted by atomic mass is 10.1. The molecule has 118 valence electrons. The highest BCUT2D eigenvalue weighted by Crippen LogP contribution is 2.25. The van der Waals surface area contributed by atoms with Crippen LogP contribution in [0.15, 0.2) is 29.2 Å². The summed E-state index contributed by atoms with van der Waals surface area (Å²) in [7, 11) is 4.84. The lowest BCUT2D eigenvalue weighted by molar-refractivity contribution is -0.116. The Morgan fingerprint density at radius 3 is 2.68 bits per heavy atom. The first-order chi connectivity index (χ1) is 10.5. The molecule has 0 spiro atoms. The molecule has 0 saturated heterocycles. The zero-order valence-corrected chi connectivity index (χ0v) is 12.8. The summed E-state index contributed by atoms with van der Waals surface area (Å²) < 4.78 is 11.9. The molecule has 1 aromatic heterocycles. The highest BCUT2D eigenvalue weighted by Gasteiger charge is 2.10. The topological polar surface area (TPSA) is 85.3 Å². The normalized spacial score (nSPS) is 10.3. The first-order valence-corrected chi connectivity index (χ1v) is 6.80. The van der Waals surface area contributed by atoms with E-state index in [-0.39, 0.29) is 23.6 Å². The first-order valence-electron chi connectivity index (χ1n) is 6.80. The molecule has 0 aliphatic heterocycles. The van der Waals surface area contributed by atoms with Gasteiger partial charge in [-0.15, -0.1) is 0 Å². The van der Waals surface area contributed by atoms with Crippen LogP contribution < -0.4 is 20.3 Å². The molecule has 7 nitrogen and oxygen atoms in total. The van der Waals surface area contributed by atoms with Crippen LogP contribution in [0.2, 0.25) is 0 Å². The summed E-state index contributed by atoms with van der Waals surface area (Å²) in [5.41, 5.74) is 0.791. The van der Waals surface area contributed by atoms with Crippen molar-refractivity contribution in [1.29, 1.82) is 0 Å². The van der Waals surface area contributed by atoms with Crippen molar-refractivity contribution in [2.24, 2.45) is 7.05 Å². The van der Waals surface area contributed by atoms with E-state index in [2.05, 4.69) is 10.4 Å². The third-order valence-corrected chi connectivity index (χ3v) is 3.23. The number of carbonyl (C=O) groups is 1. The van der Waals surface area contributed by atoms with Gasteiger partial charge in [0.05, 0.1) is 20.4 Å². The molecule has 7 heteroatoms. The molecule has 0 aliphatic rings. The number of nitrogens with one attached hydrogen (secondary N) is 2. The largest absolute Gasteiger partial charge is 0.497 e. The Kier molecular flexibility index (Phi) is 4.88. The number of aromatic nitrogens is 2. The fraction of sp³-hybridized carbons (Fsp3) is 0.333. The highest BCUT2D eigenvalue weighted by atomic mass is 16.5. The van der Waals surface area contributed by atoms with Crippen molar-refractivity contribution in [3.05, 3.63) is 40.3 Å². The summed E-state index contributed by atoms with van der Waals surface area (Å²) in [6, 6.07) is 5.43. The standard InChI is InChI=1S/C15H19N3O4/c1-18-9-12(15(20)17-18)16-14(19)7-4-10-8-11(21-2)5-6-13(10)22-3/h5-6,8-9H,4,7H2,1-3H3,(H,16,19)(H,17,20). The average molecular weight is 305 g/mol. The summed E-state index contributed by atoms with van der Waals surface area (Å²) in [5, 5.41) is 5.12. The zero-order chi connectivity index (χ0) is 16.1. The summed E-state index contributed by atoms with van der Waals surface area (Å²) in [6.45, 7) is 0. The van der Waals surface area contributed by atoms with Crippen LogP contribution in [0, 0.1) is 0 Å². The summed E-state index contributed by atoms with van der Waals surface area (Å²) in [6.07, 6.45) is 2.25. The second-order valence-corrected chi connectivity index (χ2v) is 4.82. The summed E-state index contributed by atoms with van der Waals surface area (Å²) >= 11 is 0. The number of aryl methyl sites for hydroxylation is 2. The van der Waals surface area contributed by atoms with E-state index in [1.807, 2.05) is 6.07 Å². The third-order valence-electron chi connectivity index (χ3n) is 3.23. The van der Waals surface area contributed by atoms with Crippen LogP contribution in [0.5, 0.6) is 11.5 Å². The Labute approximate surface area is 127 Å². The fourth-order valence-electron chi connectivity index (χ4n) is 2.13. The van der Waals surface area contributed by atoms with E-state index in [4.69, 9.17) is 9.47 Å². The molecule has 2 aromatic rings. The van der Waals surface area contributed by atoms with Crippen molar-refractivity contribution < 1.29 is 14.3 Å². The number of carbonyl (C=O) groups excluding carboxylic acids is 1. The molecule has 0 radical (unpaired) electrons. The smallest absolute Gasteiger partial charge is 0.287 e. The van der Waals surface area contributed by atoms with Gasteiger partial charge in [0.25, 0.3) is 5.56 Å². The summed E-state index contributed by atoms with van der Waals surface area (Å²) in [4.78, 5) is 23.5. The van der Waals surface area contributed by atoms with E-state index in [0.717, 1.165) is 5.56 Å². The van der Waals surface area contributed by atoms with Crippen molar-refractivity contribution in [1.82, 2.24) is 9.78 Å². The number of benzene rings is 1.